The smallest absolute Gasteiger partial charge is 0.303 e. The van der Waals surface area contributed by atoms with Crippen LogP contribution in [0.4, 0.5) is 11.4 Å². The van der Waals surface area contributed by atoms with Crippen molar-refractivity contribution in [2.75, 3.05) is 29.0 Å². The number of nitrogens with zero attached hydrogens (tertiary/aromatic N) is 1. The van der Waals surface area contributed by atoms with Crippen molar-refractivity contribution in [3.63, 3.8) is 0 Å². The summed E-state index contributed by atoms with van der Waals surface area (Å²) in [7, 11) is -3.47. The van der Waals surface area contributed by atoms with Gasteiger partial charge in [0.2, 0.25) is 15.9 Å². The lowest BCUT2D eigenvalue weighted by Gasteiger charge is -2.63. The minimum absolute atomic E-state index is 0.00874. The van der Waals surface area contributed by atoms with Gasteiger partial charge in [-0.3, -0.25) is 14.3 Å². The molecule has 5 N–H and O–H groups in total. The van der Waals surface area contributed by atoms with Crippen LogP contribution in [0.25, 0.3) is 0 Å². The van der Waals surface area contributed by atoms with Crippen LogP contribution in [0.15, 0.2) is 97.1 Å². The number of benzene rings is 4. The molecule has 4 aliphatic rings. The summed E-state index contributed by atoms with van der Waals surface area (Å²) in [6, 6.07) is 31.8. The Morgan fingerprint density at radius 2 is 1.49 bits per heavy atom. The molecule has 0 saturated heterocycles. The largest absolute Gasteiger partial charge is 0.481 e. The van der Waals surface area contributed by atoms with Gasteiger partial charge in [-0.1, -0.05) is 81.4 Å². The predicted molar refractivity (Wildman–Crippen MR) is 279 cm³/mol. The number of hydrogen-bond acceptors (Lipinski definition) is 9. The van der Waals surface area contributed by atoms with Gasteiger partial charge in [0, 0.05) is 38.2 Å². The number of rotatable bonds is 21. The highest BCUT2D eigenvalue weighted by Gasteiger charge is 2.65. The SMILES string of the molecule is Cc1c(NS(C)(=O)=O)cccc1N(Cc1ccc(CCCC(=O)NCCO[C@@H]2CC[C@]3(C)[C@H](C2)C[C@H](O)[C@H]2[C@H]3C[C@@H](O)[C@]3(C)[C@@H]2CC[C@H]3[C@@H](C)CCC(=O)O)cc1)Cc1ccc(Oc2ccccc2)cc1. The summed E-state index contributed by atoms with van der Waals surface area (Å²) in [5.41, 5.74) is 5.33. The maximum absolute atomic E-state index is 12.9. The molecule has 0 radical (unpaired) electrons. The Labute approximate surface area is 422 Å². The van der Waals surface area contributed by atoms with Crippen LogP contribution < -0.4 is 19.7 Å². The molecule has 4 saturated carbocycles. The Morgan fingerprint density at radius 1 is 0.817 bits per heavy atom. The van der Waals surface area contributed by atoms with Crippen molar-refractivity contribution in [3.05, 3.63) is 119 Å². The highest BCUT2D eigenvalue weighted by Crippen LogP contribution is 2.68. The number of carbonyl (C=O) groups excluding carboxylic acids is 1. The molecule has 0 aliphatic heterocycles. The Balaban J connectivity index is 0.789. The van der Waals surface area contributed by atoms with Gasteiger partial charge in [0.1, 0.15) is 11.5 Å². The summed E-state index contributed by atoms with van der Waals surface area (Å²) >= 11 is 0. The van der Waals surface area contributed by atoms with Crippen molar-refractivity contribution in [3.8, 4) is 11.5 Å². The number of aryl methyl sites for hydroxylation is 1. The second kappa shape index (κ2) is 22.4. The number of anilines is 2. The van der Waals surface area contributed by atoms with Gasteiger partial charge in [-0.15, -0.1) is 0 Å². The lowest BCUT2D eigenvalue weighted by Crippen LogP contribution is -2.62. The van der Waals surface area contributed by atoms with E-state index in [1.165, 1.54) is 0 Å². The Morgan fingerprint density at radius 3 is 2.18 bits per heavy atom. The summed E-state index contributed by atoms with van der Waals surface area (Å²) in [6.07, 6.45) is 9.24. The number of ether oxygens (including phenoxy) is 2. The van der Waals surface area contributed by atoms with Crippen molar-refractivity contribution in [2.45, 2.75) is 136 Å². The molecule has 4 aliphatic carbocycles. The van der Waals surface area contributed by atoms with Crippen LogP contribution in [0.5, 0.6) is 11.5 Å². The van der Waals surface area contributed by atoms with E-state index in [1.54, 1.807) is 6.07 Å². The third-order valence-corrected chi connectivity index (χ3v) is 18.2. The van der Waals surface area contributed by atoms with Crippen LogP contribution in [-0.4, -0.2) is 73.3 Å². The van der Waals surface area contributed by atoms with Crippen LogP contribution in [0.1, 0.15) is 114 Å². The second-order valence-corrected chi connectivity index (χ2v) is 23.8. The fourth-order valence-electron chi connectivity index (χ4n) is 13.8. The lowest BCUT2D eigenvalue weighted by atomic mass is 9.43. The number of nitrogens with one attached hydrogen (secondary N) is 2. The van der Waals surface area contributed by atoms with Crippen LogP contribution in [-0.2, 0) is 43.9 Å². The Kier molecular flexibility index (Phi) is 16.6. The number of aliphatic hydroxyl groups excluding tert-OH is 2. The van der Waals surface area contributed by atoms with Gasteiger partial charge in [-0.25, -0.2) is 8.42 Å². The Bertz CT molecular complexity index is 2540. The fourth-order valence-corrected chi connectivity index (χ4v) is 14.4. The predicted octanol–water partition coefficient (Wildman–Crippen LogP) is 10.3. The first kappa shape index (κ1) is 52.4. The van der Waals surface area contributed by atoms with Crippen molar-refractivity contribution in [2.24, 2.45) is 46.3 Å². The van der Waals surface area contributed by atoms with E-state index in [-0.39, 0.29) is 58.9 Å². The molecule has 384 valence electrons. The number of sulfonamides is 1. The van der Waals surface area contributed by atoms with Gasteiger partial charge >= 0.3 is 5.97 Å². The van der Waals surface area contributed by atoms with E-state index in [0.29, 0.717) is 63.5 Å². The summed E-state index contributed by atoms with van der Waals surface area (Å²) in [5.74, 6) is 2.16. The number of para-hydroxylation sites is 1. The van der Waals surface area contributed by atoms with E-state index in [0.717, 1.165) is 90.6 Å². The van der Waals surface area contributed by atoms with Crippen LogP contribution >= 0.6 is 0 Å². The van der Waals surface area contributed by atoms with Gasteiger partial charge < -0.3 is 35.0 Å². The topological polar surface area (TPSA) is 175 Å². The molecular formula is C58H77N3O9S. The molecule has 0 aromatic heterocycles. The molecule has 1 amide bonds. The van der Waals surface area contributed by atoms with Crippen molar-refractivity contribution < 1.29 is 42.8 Å². The molecule has 0 bridgehead atoms. The quantitative estimate of drug-likeness (QED) is 0.0506. The Hall–Kier alpha value is -4.95. The van der Waals surface area contributed by atoms with Crippen molar-refractivity contribution >= 4 is 33.3 Å². The molecule has 11 atom stereocenters. The monoisotopic (exact) mass is 992 g/mol. The van der Waals surface area contributed by atoms with Crippen molar-refractivity contribution in [1.29, 1.82) is 0 Å². The number of aliphatic carboxylic acids is 1. The maximum atomic E-state index is 12.9. The normalized spacial score (nSPS) is 28.4. The third kappa shape index (κ3) is 12.3. The first-order chi connectivity index (χ1) is 33.9. The van der Waals surface area contributed by atoms with E-state index in [2.05, 4.69) is 72.1 Å². The van der Waals surface area contributed by atoms with Gasteiger partial charge in [0.25, 0.3) is 0 Å². The summed E-state index contributed by atoms with van der Waals surface area (Å²) < 4.78 is 39.5. The summed E-state index contributed by atoms with van der Waals surface area (Å²) in [6.45, 7) is 10.8. The number of hydrogen-bond donors (Lipinski definition) is 5. The molecule has 0 heterocycles. The molecule has 0 unspecified atom stereocenters. The zero-order valence-corrected chi connectivity index (χ0v) is 43.2. The summed E-state index contributed by atoms with van der Waals surface area (Å²) in [5, 5.41) is 36.2. The van der Waals surface area contributed by atoms with E-state index in [9.17, 15) is 33.3 Å². The summed E-state index contributed by atoms with van der Waals surface area (Å²) in [4.78, 5) is 26.5. The number of carbonyl (C=O) groups is 2. The lowest BCUT2D eigenvalue weighted by molar-refractivity contribution is -0.209. The highest BCUT2D eigenvalue weighted by molar-refractivity contribution is 7.92. The van der Waals surface area contributed by atoms with Crippen LogP contribution in [0.2, 0.25) is 0 Å². The first-order valence-electron chi connectivity index (χ1n) is 26.1. The minimum Gasteiger partial charge on any atom is -0.481 e. The number of aliphatic hydroxyl groups is 2. The zero-order chi connectivity index (χ0) is 50.5. The number of carboxylic acid groups (broad SMARTS) is 1. The molecule has 4 fully saturated rings. The number of carboxylic acids is 1. The molecular weight excluding hydrogens is 915 g/mol. The standard InChI is InChI=1S/C58H77N3O9S/c1-38(17-28-55(65)66)47-26-27-48-56-49(35-53(63)58(47,48)4)57(3)30-29-46(33-43(57)34-52(56)62)69-32-31-59-54(64)16-9-11-40-18-20-41(21-19-40)36-61(51-15-10-14-50(39(51)2)60-71(5,67)68)37-42-22-24-45(25-23-42)70-44-12-7-6-8-13-44/h6-8,10,12-15,18-25,38,43,46-49,52-53,56,60,62-63H,9,11,16-17,26-37H2,1-5H3,(H,59,64)(H,65,66)/t38-,43+,46+,47-,48+,49+,52-,53+,56+,57+,58-/m0/s1. The first-order valence-corrected chi connectivity index (χ1v) is 28.0. The molecule has 0 spiro atoms. The fraction of sp³-hybridized carbons (Fsp3) is 0.552. The third-order valence-electron chi connectivity index (χ3n) is 17.6. The molecule has 4 aromatic carbocycles. The second-order valence-electron chi connectivity index (χ2n) is 22.0. The van der Waals surface area contributed by atoms with Crippen LogP contribution in [0.3, 0.4) is 0 Å². The minimum atomic E-state index is -3.47. The van der Waals surface area contributed by atoms with Gasteiger partial charge in [0.05, 0.1) is 36.9 Å². The van der Waals surface area contributed by atoms with Crippen molar-refractivity contribution in [1.82, 2.24) is 5.32 Å². The average molecular weight is 992 g/mol. The molecule has 12 nitrogen and oxygen atoms in total. The zero-order valence-electron chi connectivity index (χ0n) is 42.4. The van der Waals surface area contributed by atoms with E-state index >= 15 is 0 Å². The van der Waals surface area contributed by atoms with Crippen LogP contribution in [0, 0.1) is 53.3 Å². The maximum Gasteiger partial charge on any atom is 0.303 e. The number of fused-ring (bicyclic) bond motifs is 5. The van der Waals surface area contributed by atoms with E-state index in [1.807, 2.05) is 61.5 Å². The van der Waals surface area contributed by atoms with E-state index < -0.39 is 28.2 Å². The van der Waals surface area contributed by atoms with Gasteiger partial charge in [-0.05, 0) is 176 Å². The number of amides is 1. The highest BCUT2D eigenvalue weighted by atomic mass is 32.2. The van der Waals surface area contributed by atoms with Gasteiger partial charge in [0.15, 0.2) is 0 Å². The molecule has 8 rings (SSSR count). The average Bonchev–Trinajstić information content (AvgIpc) is 3.70. The van der Waals surface area contributed by atoms with Gasteiger partial charge in [-0.2, -0.15) is 0 Å². The molecule has 13 heteroatoms. The van der Waals surface area contributed by atoms with E-state index in [4.69, 9.17) is 9.47 Å². The molecule has 71 heavy (non-hydrogen) atoms. The molecule has 4 aromatic rings.